The summed E-state index contributed by atoms with van der Waals surface area (Å²) in [5.74, 6) is 0. The van der Waals surface area contributed by atoms with E-state index >= 15 is 0 Å². The fourth-order valence-corrected chi connectivity index (χ4v) is 2.20. The largest absolute Gasteiger partial charge is 0.444 e. The Kier molecular flexibility index (Phi) is 6.02. The standard InChI is InChI=1S/C15H23BrN2O2/c1-10-5-6-13(16)11(7-10)8-12(9-17)18-14(19)20-15(2,3)4/h5-7,12H,8-9,17H2,1-4H3,(H,18,19). The van der Waals surface area contributed by atoms with E-state index in [0.717, 1.165) is 10.0 Å². The van der Waals surface area contributed by atoms with Crippen LogP contribution < -0.4 is 11.1 Å². The van der Waals surface area contributed by atoms with Crippen LogP contribution in [0.2, 0.25) is 0 Å². The van der Waals surface area contributed by atoms with E-state index < -0.39 is 11.7 Å². The molecule has 0 aliphatic heterocycles. The van der Waals surface area contributed by atoms with Crippen LogP contribution in [-0.2, 0) is 11.2 Å². The summed E-state index contributed by atoms with van der Waals surface area (Å²) in [6, 6.07) is 5.98. The number of amides is 1. The van der Waals surface area contributed by atoms with E-state index in [1.165, 1.54) is 5.56 Å². The highest BCUT2D eigenvalue weighted by molar-refractivity contribution is 9.10. The van der Waals surface area contributed by atoms with Crippen molar-refractivity contribution in [2.75, 3.05) is 6.54 Å². The summed E-state index contributed by atoms with van der Waals surface area (Å²) < 4.78 is 6.27. The SMILES string of the molecule is Cc1ccc(Br)c(CC(CN)NC(=O)OC(C)(C)C)c1. The quantitative estimate of drug-likeness (QED) is 0.883. The molecule has 1 rings (SSSR count). The molecule has 5 heteroatoms. The lowest BCUT2D eigenvalue weighted by Crippen LogP contribution is -2.44. The summed E-state index contributed by atoms with van der Waals surface area (Å²) in [6.07, 6.45) is 0.231. The molecule has 4 nitrogen and oxygen atoms in total. The van der Waals surface area contributed by atoms with Crippen LogP contribution in [0, 0.1) is 6.92 Å². The van der Waals surface area contributed by atoms with Gasteiger partial charge in [-0.25, -0.2) is 4.79 Å². The van der Waals surface area contributed by atoms with Crippen molar-refractivity contribution >= 4 is 22.0 Å². The van der Waals surface area contributed by atoms with Crippen molar-refractivity contribution < 1.29 is 9.53 Å². The van der Waals surface area contributed by atoms with Crippen LogP contribution in [0.3, 0.4) is 0 Å². The molecule has 20 heavy (non-hydrogen) atoms. The van der Waals surface area contributed by atoms with Gasteiger partial charge in [0.05, 0.1) is 0 Å². The molecule has 0 bridgehead atoms. The molecule has 112 valence electrons. The second-order valence-corrected chi connectivity index (χ2v) is 6.73. The molecule has 0 radical (unpaired) electrons. The van der Waals surface area contributed by atoms with Crippen molar-refractivity contribution in [3.8, 4) is 0 Å². The zero-order valence-corrected chi connectivity index (χ0v) is 14.1. The van der Waals surface area contributed by atoms with Gasteiger partial charge in [-0.15, -0.1) is 0 Å². The Labute approximate surface area is 129 Å². The molecule has 1 atom stereocenters. The Bertz CT molecular complexity index is 469. The minimum Gasteiger partial charge on any atom is -0.444 e. The molecule has 0 fully saturated rings. The molecule has 0 aliphatic carbocycles. The van der Waals surface area contributed by atoms with Gasteiger partial charge in [-0.2, -0.15) is 0 Å². The van der Waals surface area contributed by atoms with E-state index in [1.807, 2.05) is 39.8 Å². The minimum absolute atomic E-state index is 0.150. The van der Waals surface area contributed by atoms with Gasteiger partial charge >= 0.3 is 6.09 Å². The van der Waals surface area contributed by atoms with Gasteiger partial charge in [0, 0.05) is 17.1 Å². The first-order valence-electron chi connectivity index (χ1n) is 6.66. The molecule has 0 spiro atoms. The first-order valence-corrected chi connectivity index (χ1v) is 7.45. The summed E-state index contributed by atoms with van der Waals surface area (Å²) in [4.78, 5) is 11.8. The smallest absolute Gasteiger partial charge is 0.407 e. The first-order chi connectivity index (χ1) is 9.21. The van der Waals surface area contributed by atoms with Crippen molar-refractivity contribution in [1.29, 1.82) is 0 Å². The summed E-state index contributed by atoms with van der Waals surface area (Å²) >= 11 is 3.52. The average molecular weight is 343 g/mol. The number of ether oxygens (including phenoxy) is 1. The number of hydrogen-bond acceptors (Lipinski definition) is 3. The number of rotatable bonds is 4. The van der Waals surface area contributed by atoms with Crippen LogP contribution in [0.25, 0.3) is 0 Å². The average Bonchev–Trinajstić information content (AvgIpc) is 2.30. The van der Waals surface area contributed by atoms with Crippen molar-refractivity contribution in [2.45, 2.75) is 45.8 Å². The Morgan fingerprint density at radius 3 is 2.65 bits per heavy atom. The molecule has 1 aromatic carbocycles. The maximum atomic E-state index is 11.8. The van der Waals surface area contributed by atoms with Crippen LogP contribution in [0.1, 0.15) is 31.9 Å². The van der Waals surface area contributed by atoms with Crippen molar-refractivity contribution in [3.05, 3.63) is 33.8 Å². The number of nitrogens with two attached hydrogens (primary N) is 1. The van der Waals surface area contributed by atoms with Crippen LogP contribution in [0.15, 0.2) is 22.7 Å². The van der Waals surface area contributed by atoms with Gasteiger partial charge in [0.15, 0.2) is 0 Å². The Balaban J connectivity index is 2.68. The van der Waals surface area contributed by atoms with Crippen LogP contribution >= 0.6 is 15.9 Å². The van der Waals surface area contributed by atoms with Gasteiger partial charge in [0.25, 0.3) is 0 Å². The zero-order chi connectivity index (χ0) is 15.3. The molecule has 0 heterocycles. The number of alkyl carbamates (subject to hydrolysis) is 1. The second kappa shape index (κ2) is 7.09. The Hall–Kier alpha value is -1.07. The van der Waals surface area contributed by atoms with Gasteiger partial charge in [0.2, 0.25) is 0 Å². The normalized spacial score (nSPS) is 12.9. The lowest BCUT2D eigenvalue weighted by atomic mass is 10.0. The van der Waals surface area contributed by atoms with E-state index in [9.17, 15) is 4.79 Å². The van der Waals surface area contributed by atoms with Gasteiger partial charge in [-0.05, 0) is 45.7 Å². The van der Waals surface area contributed by atoms with E-state index in [1.54, 1.807) is 0 Å². The summed E-state index contributed by atoms with van der Waals surface area (Å²) in [6.45, 7) is 7.90. The van der Waals surface area contributed by atoms with Crippen LogP contribution in [-0.4, -0.2) is 24.3 Å². The van der Waals surface area contributed by atoms with Gasteiger partial charge < -0.3 is 15.8 Å². The summed E-state index contributed by atoms with van der Waals surface area (Å²) in [5, 5.41) is 2.81. The van der Waals surface area contributed by atoms with Crippen molar-refractivity contribution in [1.82, 2.24) is 5.32 Å². The third-order valence-corrected chi connectivity index (χ3v) is 3.45. The fourth-order valence-electron chi connectivity index (χ4n) is 1.79. The third-order valence-electron chi connectivity index (χ3n) is 2.67. The minimum atomic E-state index is -0.507. The number of carbonyl (C=O) groups excluding carboxylic acids is 1. The van der Waals surface area contributed by atoms with Gasteiger partial charge in [0.1, 0.15) is 5.60 Å². The molecular weight excluding hydrogens is 320 g/mol. The highest BCUT2D eigenvalue weighted by Crippen LogP contribution is 2.19. The number of carbonyl (C=O) groups is 1. The van der Waals surface area contributed by atoms with Crippen LogP contribution in [0.5, 0.6) is 0 Å². The molecule has 0 aliphatic rings. The summed E-state index contributed by atoms with van der Waals surface area (Å²) in [5.41, 5.74) is 7.53. The lowest BCUT2D eigenvalue weighted by Gasteiger charge is -2.23. The van der Waals surface area contributed by atoms with E-state index in [4.69, 9.17) is 10.5 Å². The lowest BCUT2D eigenvalue weighted by molar-refractivity contribution is 0.0506. The molecule has 3 N–H and O–H groups in total. The predicted octanol–water partition coefficient (Wildman–Crippen LogP) is 3.15. The number of aryl methyl sites for hydroxylation is 1. The highest BCUT2D eigenvalue weighted by Gasteiger charge is 2.19. The molecule has 0 saturated carbocycles. The number of benzene rings is 1. The Morgan fingerprint density at radius 1 is 1.45 bits per heavy atom. The fraction of sp³-hybridized carbons (Fsp3) is 0.533. The van der Waals surface area contributed by atoms with Gasteiger partial charge in [-0.3, -0.25) is 0 Å². The topological polar surface area (TPSA) is 64.3 Å². The second-order valence-electron chi connectivity index (χ2n) is 5.88. The maximum absolute atomic E-state index is 11.8. The Morgan fingerprint density at radius 2 is 2.10 bits per heavy atom. The van der Waals surface area contributed by atoms with Crippen molar-refractivity contribution in [3.63, 3.8) is 0 Å². The molecule has 1 amide bonds. The predicted molar refractivity (Wildman–Crippen MR) is 84.8 cm³/mol. The van der Waals surface area contributed by atoms with Gasteiger partial charge in [-0.1, -0.05) is 33.6 Å². The zero-order valence-electron chi connectivity index (χ0n) is 12.5. The molecule has 1 aromatic rings. The van der Waals surface area contributed by atoms with E-state index in [-0.39, 0.29) is 6.04 Å². The van der Waals surface area contributed by atoms with Crippen molar-refractivity contribution in [2.24, 2.45) is 5.73 Å². The third kappa shape index (κ3) is 5.92. The summed E-state index contributed by atoms with van der Waals surface area (Å²) in [7, 11) is 0. The first kappa shape index (κ1) is 17.0. The number of hydrogen-bond donors (Lipinski definition) is 2. The molecular formula is C15H23BrN2O2. The number of halogens is 1. The highest BCUT2D eigenvalue weighted by atomic mass is 79.9. The van der Waals surface area contributed by atoms with E-state index in [0.29, 0.717) is 13.0 Å². The van der Waals surface area contributed by atoms with E-state index in [2.05, 4.69) is 27.3 Å². The number of nitrogens with one attached hydrogen (secondary N) is 1. The molecule has 1 unspecified atom stereocenters. The maximum Gasteiger partial charge on any atom is 0.407 e. The van der Waals surface area contributed by atoms with Crippen LogP contribution in [0.4, 0.5) is 4.79 Å². The monoisotopic (exact) mass is 342 g/mol. The molecule has 0 saturated heterocycles. The molecule has 0 aromatic heterocycles.